The first-order valence-electron chi connectivity index (χ1n) is 8.62. The van der Waals surface area contributed by atoms with E-state index in [1.165, 1.54) is 19.2 Å². The van der Waals surface area contributed by atoms with Crippen molar-refractivity contribution in [2.45, 2.75) is 24.3 Å². The zero-order chi connectivity index (χ0) is 21.0. The summed E-state index contributed by atoms with van der Waals surface area (Å²) in [5.74, 6) is -0.749. The van der Waals surface area contributed by atoms with Gasteiger partial charge in [0.25, 0.3) is 5.91 Å². The van der Waals surface area contributed by atoms with Crippen LogP contribution in [0, 0.1) is 0 Å². The molecule has 0 bridgehead atoms. The molecule has 2 aromatic carbocycles. The number of nitrogens with two attached hydrogens (primary N) is 1. The zero-order valence-electron chi connectivity index (χ0n) is 15.6. The Kier molecular flexibility index (Phi) is 6.26. The molecule has 10 heteroatoms. The fourth-order valence-corrected chi connectivity index (χ4v) is 4.48. The van der Waals surface area contributed by atoms with Crippen LogP contribution in [-0.4, -0.2) is 32.0 Å². The third kappa shape index (κ3) is 5.17. The molecule has 1 heterocycles. The lowest BCUT2D eigenvalue weighted by atomic mass is 10.1. The Hall–Kier alpha value is -2.82. The van der Waals surface area contributed by atoms with Gasteiger partial charge < -0.3 is 9.30 Å². The van der Waals surface area contributed by atoms with Crippen molar-refractivity contribution in [1.29, 1.82) is 0 Å². The van der Waals surface area contributed by atoms with Crippen LogP contribution in [0.3, 0.4) is 0 Å². The summed E-state index contributed by atoms with van der Waals surface area (Å²) in [7, 11) is -2.57. The van der Waals surface area contributed by atoms with E-state index < -0.39 is 16.0 Å². The normalized spacial score (nSPS) is 12.3. The number of ether oxygens (including phenoxy) is 1. The molecule has 1 amide bonds. The smallest absolute Gasteiger partial charge is 0.307 e. The monoisotopic (exact) mass is 433 g/mol. The number of hydrogen-bond donors (Lipinski definition) is 1. The second-order valence-electron chi connectivity index (χ2n) is 6.20. The lowest BCUT2D eigenvalue weighted by molar-refractivity contribution is -0.140. The summed E-state index contributed by atoms with van der Waals surface area (Å²) in [6, 6.07) is 13.6. The van der Waals surface area contributed by atoms with Crippen LogP contribution >= 0.6 is 11.3 Å². The predicted molar refractivity (Wildman–Crippen MR) is 109 cm³/mol. The van der Waals surface area contributed by atoms with Gasteiger partial charge in [0.05, 0.1) is 35.1 Å². The number of aromatic nitrogens is 1. The number of esters is 1. The molecule has 8 nitrogen and oxygen atoms in total. The van der Waals surface area contributed by atoms with Gasteiger partial charge in [-0.05, 0) is 23.8 Å². The van der Waals surface area contributed by atoms with E-state index in [2.05, 4.69) is 9.73 Å². The van der Waals surface area contributed by atoms with E-state index in [1.54, 1.807) is 10.6 Å². The number of carbonyl (C=O) groups excluding carboxylic acids is 2. The molecular formula is C19H19N3O5S2. The van der Waals surface area contributed by atoms with Gasteiger partial charge in [0.2, 0.25) is 10.0 Å². The topological polar surface area (TPSA) is 121 Å². The summed E-state index contributed by atoms with van der Waals surface area (Å²) in [5, 5.41) is 5.21. The zero-order valence-corrected chi connectivity index (χ0v) is 17.2. The number of nitrogens with zero attached hydrogens (tertiary/aromatic N) is 2. The first-order chi connectivity index (χ1) is 13.8. The van der Waals surface area contributed by atoms with Crippen LogP contribution in [-0.2, 0) is 37.3 Å². The maximum atomic E-state index is 12.5. The second-order valence-corrected chi connectivity index (χ2v) is 8.78. The van der Waals surface area contributed by atoms with Crippen molar-refractivity contribution in [1.82, 2.24) is 4.57 Å². The summed E-state index contributed by atoms with van der Waals surface area (Å²) < 4.78 is 30.3. The number of aryl methyl sites for hydroxylation is 1. The molecule has 0 saturated heterocycles. The summed E-state index contributed by atoms with van der Waals surface area (Å²) in [6.07, 6.45) is 0.216. The number of rotatable bonds is 6. The third-order valence-corrected chi connectivity index (χ3v) is 6.12. The van der Waals surface area contributed by atoms with Crippen molar-refractivity contribution in [3.8, 4) is 0 Å². The SMILES string of the molecule is COC(=O)CCn1c(=NC(=O)Cc2ccccc2)sc2cc(S(N)(=O)=O)ccc21. The Morgan fingerprint density at radius 3 is 2.55 bits per heavy atom. The van der Waals surface area contributed by atoms with E-state index in [9.17, 15) is 18.0 Å². The van der Waals surface area contributed by atoms with Gasteiger partial charge in [-0.2, -0.15) is 4.99 Å². The highest BCUT2D eigenvalue weighted by Crippen LogP contribution is 2.21. The average Bonchev–Trinajstić information content (AvgIpc) is 3.02. The highest BCUT2D eigenvalue weighted by atomic mass is 32.2. The van der Waals surface area contributed by atoms with Gasteiger partial charge in [0.15, 0.2) is 4.80 Å². The first-order valence-corrected chi connectivity index (χ1v) is 11.0. The Morgan fingerprint density at radius 1 is 1.17 bits per heavy atom. The van der Waals surface area contributed by atoms with Crippen LogP contribution in [0.4, 0.5) is 0 Å². The molecule has 2 N–H and O–H groups in total. The third-order valence-electron chi connectivity index (χ3n) is 4.17. The van der Waals surface area contributed by atoms with Crippen LogP contribution in [0.25, 0.3) is 10.2 Å². The van der Waals surface area contributed by atoms with Crippen molar-refractivity contribution in [3.63, 3.8) is 0 Å². The molecule has 3 rings (SSSR count). The number of thiazole rings is 1. The number of sulfonamides is 1. The van der Waals surface area contributed by atoms with Gasteiger partial charge in [0, 0.05) is 6.54 Å². The van der Waals surface area contributed by atoms with E-state index in [0.29, 0.717) is 15.0 Å². The first kappa shape index (κ1) is 20.9. The Labute approximate surface area is 171 Å². The number of fused-ring (bicyclic) bond motifs is 1. The lowest BCUT2D eigenvalue weighted by Crippen LogP contribution is -2.19. The fraction of sp³-hybridized carbons (Fsp3) is 0.211. The van der Waals surface area contributed by atoms with Crippen LogP contribution in [0.1, 0.15) is 12.0 Å². The molecule has 0 aliphatic heterocycles. The van der Waals surface area contributed by atoms with E-state index in [4.69, 9.17) is 5.14 Å². The molecular weight excluding hydrogens is 414 g/mol. The minimum absolute atomic E-state index is 0.0338. The largest absolute Gasteiger partial charge is 0.469 e. The van der Waals surface area contributed by atoms with Crippen molar-refractivity contribution in [2.24, 2.45) is 10.1 Å². The molecule has 0 radical (unpaired) electrons. The van der Waals surface area contributed by atoms with Crippen molar-refractivity contribution >= 4 is 43.5 Å². The van der Waals surface area contributed by atoms with Crippen molar-refractivity contribution in [3.05, 3.63) is 58.9 Å². The standard InChI is InChI=1S/C19H19N3O5S2/c1-27-18(24)9-10-22-15-8-7-14(29(20,25)26)12-16(15)28-19(22)21-17(23)11-13-5-3-2-4-6-13/h2-8,12H,9-11H2,1H3,(H2,20,25,26). The molecule has 0 atom stereocenters. The highest BCUT2D eigenvalue weighted by Gasteiger charge is 2.14. The van der Waals surface area contributed by atoms with Crippen LogP contribution in [0.2, 0.25) is 0 Å². The fourth-order valence-electron chi connectivity index (χ4n) is 2.75. The van der Waals surface area contributed by atoms with Gasteiger partial charge in [-0.1, -0.05) is 41.7 Å². The van der Waals surface area contributed by atoms with Gasteiger partial charge in [0.1, 0.15) is 0 Å². The second kappa shape index (κ2) is 8.68. The molecule has 0 saturated carbocycles. The number of primary sulfonamides is 1. The molecule has 0 spiro atoms. The molecule has 3 aromatic rings. The Morgan fingerprint density at radius 2 is 1.90 bits per heavy atom. The maximum Gasteiger partial charge on any atom is 0.307 e. The number of carbonyl (C=O) groups is 2. The molecule has 152 valence electrons. The average molecular weight is 434 g/mol. The minimum atomic E-state index is -3.87. The predicted octanol–water partition coefficient (Wildman–Crippen LogP) is 1.58. The van der Waals surface area contributed by atoms with Crippen LogP contribution in [0.5, 0.6) is 0 Å². The van der Waals surface area contributed by atoms with E-state index >= 15 is 0 Å². The summed E-state index contributed by atoms with van der Waals surface area (Å²) in [6.45, 7) is 0.235. The van der Waals surface area contributed by atoms with Crippen molar-refractivity contribution in [2.75, 3.05) is 7.11 Å². The molecule has 0 aliphatic carbocycles. The van der Waals surface area contributed by atoms with Gasteiger partial charge in [-0.3, -0.25) is 9.59 Å². The molecule has 0 unspecified atom stereocenters. The molecule has 0 aliphatic rings. The highest BCUT2D eigenvalue weighted by molar-refractivity contribution is 7.89. The van der Waals surface area contributed by atoms with Crippen LogP contribution in [0.15, 0.2) is 58.4 Å². The Bertz CT molecular complexity index is 1230. The molecule has 29 heavy (non-hydrogen) atoms. The summed E-state index contributed by atoms with van der Waals surface area (Å²) in [5.41, 5.74) is 1.48. The molecule has 0 fully saturated rings. The number of hydrogen-bond acceptors (Lipinski definition) is 6. The Balaban J connectivity index is 2.05. The summed E-state index contributed by atoms with van der Waals surface area (Å²) >= 11 is 1.16. The van der Waals surface area contributed by atoms with Gasteiger partial charge in [-0.15, -0.1) is 0 Å². The van der Waals surface area contributed by atoms with E-state index in [1.807, 2.05) is 30.3 Å². The van der Waals surface area contributed by atoms with Crippen molar-refractivity contribution < 1.29 is 22.7 Å². The van der Waals surface area contributed by atoms with E-state index in [-0.39, 0.29) is 30.2 Å². The van der Waals surface area contributed by atoms with Gasteiger partial charge >= 0.3 is 5.97 Å². The van der Waals surface area contributed by atoms with Crippen LogP contribution < -0.4 is 9.94 Å². The number of methoxy groups -OCH3 is 1. The number of amides is 1. The lowest BCUT2D eigenvalue weighted by Gasteiger charge is -2.05. The van der Waals surface area contributed by atoms with E-state index in [0.717, 1.165) is 16.9 Å². The maximum absolute atomic E-state index is 12.5. The summed E-state index contributed by atoms with van der Waals surface area (Å²) in [4.78, 5) is 28.6. The minimum Gasteiger partial charge on any atom is -0.469 e. The number of benzene rings is 2. The van der Waals surface area contributed by atoms with Gasteiger partial charge in [-0.25, -0.2) is 13.6 Å². The quantitative estimate of drug-likeness (QED) is 0.592. The molecule has 1 aromatic heterocycles.